The van der Waals surface area contributed by atoms with Gasteiger partial charge in [0.05, 0.1) is 0 Å². The Bertz CT molecular complexity index is 648. The van der Waals surface area contributed by atoms with Crippen molar-refractivity contribution in [1.82, 2.24) is 9.97 Å². The van der Waals surface area contributed by atoms with E-state index >= 15 is 0 Å². The molecule has 0 atom stereocenters. The van der Waals surface area contributed by atoms with Gasteiger partial charge in [0.25, 0.3) is 0 Å². The molecule has 1 aromatic heterocycles. The van der Waals surface area contributed by atoms with E-state index in [4.69, 9.17) is 0 Å². The second-order valence-corrected chi connectivity index (χ2v) is 6.33. The summed E-state index contributed by atoms with van der Waals surface area (Å²) in [7, 11) is 0. The van der Waals surface area contributed by atoms with E-state index in [1.165, 1.54) is 37.7 Å². The molecule has 0 aliphatic heterocycles. The monoisotopic (exact) mass is 310 g/mol. The van der Waals surface area contributed by atoms with Gasteiger partial charge in [-0.15, -0.1) is 0 Å². The maximum atomic E-state index is 4.67. The Morgan fingerprint density at radius 1 is 1.09 bits per heavy atom. The summed E-state index contributed by atoms with van der Waals surface area (Å²) in [5.41, 5.74) is 3.40. The molecular weight excluding hydrogens is 284 g/mol. The maximum absolute atomic E-state index is 4.67. The molecule has 1 fully saturated rings. The zero-order chi connectivity index (χ0) is 16.1. The van der Waals surface area contributed by atoms with Crippen LogP contribution in [0.5, 0.6) is 0 Å². The van der Waals surface area contributed by atoms with Crippen LogP contribution in [0.15, 0.2) is 30.3 Å². The maximum Gasteiger partial charge on any atom is 0.225 e. The van der Waals surface area contributed by atoms with E-state index < -0.39 is 0 Å². The van der Waals surface area contributed by atoms with Crippen LogP contribution in [0.25, 0.3) is 0 Å². The highest BCUT2D eigenvalue weighted by atomic mass is 15.2. The molecule has 4 nitrogen and oxygen atoms in total. The predicted octanol–water partition coefficient (Wildman–Crippen LogP) is 4.84. The molecule has 23 heavy (non-hydrogen) atoms. The first-order chi connectivity index (χ1) is 11.2. The summed E-state index contributed by atoms with van der Waals surface area (Å²) in [6.07, 6.45) is 7.41. The smallest absolute Gasteiger partial charge is 0.225 e. The Morgan fingerprint density at radius 2 is 1.87 bits per heavy atom. The van der Waals surface area contributed by atoms with Gasteiger partial charge in [0, 0.05) is 23.5 Å². The summed E-state index contributed by atoms with van der Waals surface area (Å²) in [5, 5.41) is 6.97. The lowest BCUT2D eigenvalue weighted by atomic mass is 9.96. The lowest BCUT2D eigenvalue weighted by Crippen LogP contribution is -2.23. The quantitative estimate of drug-likeness (QED) is 0.830. The van der Waals surface area contributed by atoms with Crippen LogP contribution in [0, 0.1) is 6.92 Å². The summed E-state index contributed by atoms with van der Waals surface area (Å²) in [6, 6.07) is 10.9. The molecule has 122 valence electrons. The van der Waals surface area contributed by atoms with E-state index in [0.29, 0.717) is 6.04 Å². The molecule has 1 aromatic carbocycles. The molecule has 1 saturated carbocycles. The molecule has 2 N–H and O–H groups in total. The summed E-state index contributed by atoms with van der Waals surface area (Å²) in [5.74, 6) is 1.60. The third-order valence-electron chi connectivity index (χ3n) is 4.45. The fourth-order valence-electron chi connectivity index (χ4n) is 3.22. The van der Waals surface area contributed by atoms with Crippen LogP contribution in [-0.2, 0) is 6.42 Å². The first kappa shape index (κ1) is 15.8. The molecule has 1 aliphatic rings. The first-order valence-electron chi connectivity index (χ1n) is 8.71. The van der Waals surface area contributed by atoms with Gasteiger partial charge in [-0.1, -0.05) is 44.4 Å². The zero-order valence-corrected chi connectivity index (χ0v) is 14.1. The summed E-state index contributed by atoms with van der Waals surface area (Å²) >= 11 is 0. The minimum atomic E-state index is 0.515. The molecule has 1 aliphatic carbocycles. The largest absolute Gasteiger partial charge is 0.351 e. The van der Waals surface area contributed by atoms with Crippen LogP contribution >= 0.6 is 0 Å². The number of aromatic nitrogens is 2. The number of hydrogen-bond donors (Lipinski definition) is 2. The first-order valence-corrected chi connectivity index (χ1v) is 8.71. The van der Waals surface area contributed by atoms with E-state index in [1.807, 2.05) is 13.0 Å². The Balaban J connectivity index is 1.77. The minimum Gasteiger partial charge on any atom is -0.351 e. The Hall–Kier alpha value is -2.10. The Labute approximate surface area is 138 Å². The lowest BCUT2D eigenvalue weighted by Gasteiger charge is -2.23. The van der Waals surface area contributed by atoms with Crippen molar-refractivity contribution >= 4 is 17.5 Å². The second-order valence-electron chi connectivity index (χ2n) is 6.33. The van der Waals surface area contributed by atoms with Gasteiger partial charge in [0.15, 0.2) is 0 Å². The summed E-state index contributed by atoms with van der Waals surface area (Å²) in [4.78, 5) is 9.21. The van der Waals surface area contributed by atoms with E-state index in [9.17, 15) is 0 Å². The Kier molecular flexibility index (Phi) is 5.11. The van der Waals surface area contributed by atoms with Crippen LogP contribution in [0.1, 0.15) is 50.3 Å². The van der Waals surface area contributed by atoms with Crippen LogP contribution < -0.4 is 10.6 Å². The topological polar surface area (TPSA) is 49.8 Å². The number of benzene rings is 1. The molecular formula is C19H26N4. The number of anilines is 3. The predicted molar refractivity (Wildman–Crippen MR) is 96.4 cm³/mol. The number of aryl methyl sites for hydroxylation is 2. The van der Waals surface area contributed by atoms with E-state index in [2.05, 4.69) is 51.8 Å². The highest BCUT2D eigenvalue weighted by Crippen LogP contribution is 2.23. The highest BCUT2D eigenvalue weighted by Gasteiger charge is 2.14. The van der Waals surface area contributed by atoms with Crippen molar-refractivity contribution in [2.45, 2.75) is 58.4 Å². The average molecular weight is 310 g/mol. The van der Waals surface area contributed by atoms with Crippen LogP contribution in [0.2, 0.25) is 0 Å². The SMILES string of the molecule is CCc1ccccc1Nc1cc(C)nc(NC2CCCCC2)n1. The van der Waals surface area contributed by atoms with E-state index in [1.54, 1.807) is 0 Å². The van der Waals surface area contributed by atoms with Gasteiger partial charge in [0.1, 0.15) is 5.82 Å². The summed E-state index contributed by atoms with van der Waals surface area (Å²) in [6.45, 7) is 4.19. The second kappa shape index (κ2) is 7.44. The normalized spacial score (nSPS) is 15.4. The van der Waals surface area contributed by atoms with Crippen LogP contribution in [0.3, 0.4) is 0 Å². The number of rotatable bonds is 5. The third-order valence-corrected chi connectivity index (χ3v) is 4.45. The van der Waals surface area contributed by atoms with Crippen molar-refractivity contribution in [2.75, 3.05) is 10.6 Å². The molecule has 0 bridgehead atoms. The van der Waals surface area contributed by atoms with Gasteiger partial charge < -0.3 is 10.6 Å². The van der Waals surface area contributed by atoms with Gasteiger partial charge in [-0.05, 0) is 37.8 Å². The number of para-hydroxylation sites is 1. The molecule has 0 spiro atoms. The number of nitrogens with zero attached hydrogens (tertiary/aromatic N) is 2. The van der Waals surface area contributed by atoms with Crippen molar-refractivity contribution in [3.05, 3.63) is 41.6 Å². The lowest BCUT2D eigenvalue weighted by molar-refractivity contribution is 0.461. The minimum absolute atomic E-state index is 0.515. The van der Waals surface area contributed by atoms with Crippen molar-refractivity contribution < 1.29 is 0 Å². The van der Waals surface area contributed by atoms with Crippen molar-refractivity contribution in [1.29, 1.82) is 0 Å². The summed E-state index contributed by atoms with van der Waals surface area (Å²) < 4.78 is 0. The van der Waals surface area contributed by atoms with Gasteiger partial charge in [-0.3, -0.25) is 0 Å². The van der Waals surface area contributed by atoms with Crippen molar-refractivity contribution in [3.8, 4) is 0 Å². The number of nitrogens with one attached hydrogen (secondary N) is 2. The molecule has 0 amide bonds. The zero-order valence-electron chi connectivity index (χ0n) is 14.1. The van der Waals surface area contributed by atoms with Crippen molar-refractivity contribution in [3.63, 3.8) is 0 Å². The van der Waals surface area contributed by atoms with E-state index in [-0.39, 0.29) is 0 Å². The molecule has 1 heterocycles. The fourth-order valence-corrected chi connectivity index (χ4v) is 3.22. The van der Waals surface area contributed by atoms with Gasteiger partial charge in [-0.25, -0.2) is 4.98 Å². The van der Waals surface area contributed by atoms with Gasteiger partial charge in [-0.2, -0.15) is 4.98 Å². The Morgan fingerprint density at radius 3 is 2.65 bits per heavy atom. The highest BCUT2D eigenvalue weighted by molar-refractivity contribution is 5.61. The molecule has 4 heteroatoms. The third kappa shape index (κ3) is 4.21. The molecule has 0 radical (unpaired) electrons. The van der Waals surface area contributed by atoms with Gasteiger partial charge in [0.2, 0.25) is 5.95 Å². The van der Waals surface area contributed by atoms with Crippen LogP contribution in [-0.4, -0.2) is 16.0 Å². The fraction of sp³-hybridized carbons (Fsp3) is 0.474. The molecule has 0 unspecified atom stereocenters. The van der Waals surface area contributed by atoms with Gasteiger partial charge >= 0.3 is 0 Å². The average Bonchev–Trinajstić information content (AvgIpc) is 2.56. The van der Waals surface area contributed by atoms with E-state index in [0.717, 1.165) is 29.6 Å². The molecule has 0 saturated heterocycles. The van der Waals surface area contributed by atoms with Crippen LogP contribution in [0.4, 0.5) is 17.5 Å². The standard InChI is InChI=1S/C19H26N4/c1-3-15-9-7-8-12-17(15)22-18-13-14(2)20-19(23-18)21-16-10-5-4-6-11-16/h7-9,12-13,16H,3-6,10-11H2,1-2H3,(H2,20,21,22,23). The van der Waals surface area contributed by atoms with Crippen molar-refractivity contribution in [2.24, 2.45) is 0 Å². The molecule has 2 aromatic rings. The molecule has 3 rings (SSSR count). The number of hydrogen-bond acceptors (Lipinski definition) is 4.